The summed E-state index contributed by atoms with van der Waals surface area (Å²) in [7, 11) is -3.72. The van der Waals surface area contributed by atoms with Crippen LogP contribution in [0.2, 0.25) is 0 Å². The van der Waals surface area contributed by atoms with Crippen LogP contribution in [0.1, 0.15) is 16.7 Å². The molecule has 2 rings (SSSR count). The van der Waals surface area contributed by atoms with E-state index in [9.17, 15) is 12.8 Å². The maximum absolute atomic E-state index is 12.8. The van der Waals surface area contributed by atoms with Gasteiger partial charge in [-0.05, 0) is 42.7 Å². The van der Waals surface area contributed by atoms with E-state index < -0.39 is 10.0 Å². The van der Waals surface area contributed by atoms with Gasteiger partial charge in [-0.2, -0.15) is 0 Å². The maximum Gasteiger partial charge on any atom is 0.243 e. The van der Waals surface area contributed by atoms with E-state index in [1.165, 1.54) is 24.3 Å². The molecule has 0 aliphatic carbocycles. The Morgan fingerprint density at radius 1 is 1.05 bits per heavy atom. The van der Waals surface area contributed by atoms with Crippen LogP contribution in [0.4, 0.5) is 10.1 Å². The van der Waals surface area contributed by atoms with E-state index >= 15 is 0 Å². The lowest BCUT2D eigenvalue weighted by molar-refractivity contribution is 0.581. The molecular weight excluding hydrogens is 291 g/mol. The van der Waals surface area contributed by atoms with Crippen molar-refractivity contribution in [1.29, 1.82) is 0 Å². The highest BCUT2D eigenvalue weighted by Gasteiger charge is 2.20. The number of nitrogens with two attached hydrogens (primary N) is 1. The molecule has 0 aromatic heterocycles. The molecule has 0 saturated heterocycles. The number of halogens is 1. The second kappa shape index (κ2) is 5.83. The topological polar surface area (TPSA) is 72.2 Å². The molecule has 2 aromatic carbocycles. The van der Waals surface area contributed by atoms with Crippen molar-refractivity contribution < 1.29 is 12.8 Å². The highest BCUT2D eigenvalue weighted by molar-refractivity contribution is 7.89. The van der Waals surface area contributed by atoms with E-state index in [1.54, 1.807) is 26.0 Å². The molecule has 0 heterocycles. The average Bonchev–Trinajstić information content (AvgIpc) is 2.43. The predicted octanol–water partition coefficient (Wildman–Crippen LogP) is 2.50. The first kappa shape index (κ1) is 15.5. The Labute approximate surface area is 123 Å². The van der Waals surface area contributed by atoms with Gasteiger partial charge >= 0.3 is 0 Å². The maximum atomic E-state index is 12.8. The number of aryl methyl sites for hydroxylation is 2. The number of hydrogen-bond donors (Lipinski definition) is 2. The molecule has 0 aliphatic rings. The number of hydrogen-bond acceptors (Lipinski definition) is 3. The van der Waals surface area contributed by atoms with Crippen molar-refractivity contribution >= 4 is 15.7 Å². The Balaban J connectivity index is 2.27. The van der Waals surface area contributed by atoms with Gasteiger partial charge in [0.15, 0.2) is 0 Å². The molecule has 0 spiro atoms. The first-order chi connectivity index (χ1) is 9.81. The van der Waals surface area contributed by atoms with Gasteiger partial charge in [0.1, 0.15) is 10.7 Å². The molecule has 4 nitrogen and oxygen atoms in total. The molecule has 0 saturated carbocycles. The Hall–Kier alpha value is -1.92. The third-order valence-electron chi connectivity index (χ3n) is 3.26. The molecule has 2 aromatic rings. The number of nitrogens with one attached hydrogen (secondary N) is 1. The quantitative estimate of drug-likeness (QED) is 0.852. The van der Waals surface area contributed by atoms with Crippen molar-refractivity contribution in [2.45, 2.75) is 25.3 Å². The van der Waals surface area contributed by atoms with Crippen LogP contribution >= 0.6 is 0 Å². The minimum atomic E-state index is -3.72. The molecule has 0 aliphatic heterocycles. The van der Waals surface area contributed by atoms with Crippen molar-refractivity contribution in [1.82, 2.24) is 4.72 Å². The summed E-state index contributed by atoms with van der Waals surface area (Å²) in [6.07, 6.45) is 0. The number of benzene rings is 2. The summed E-state index contributed by atoms with van der Waals surface area (Å²) in [6.45, 7) is 3.53. The Kier molecular flexibility index (Phi) is 4.29. The van der Waals surface area contributed by atoms with E-state index in [0.29, 0.717) is 16.7 Å². The first-order valence-corrected chi connectivity index (χ1v) is 7.89. The molecule has 0 unspecified atom stereocenters. The van der Waals surface area contributed by atoms with Gasteiger partial charge in [0.25, 0.3) is 0 Å². The van der Waals surface area contributed by atoms with Gasteiger partial charge in [0, 0.05) is 6.54 Å². The van der Waals surface area contributed by atoms with Gasteiger partial charge < -0.3 is 5.73 Å². The van der Waals surface area contributed by atoms with Crippen molar-refractivity contribution in [3.8, 4) is 0 Å². The van der Waals surface area contributed by atoms with Crippen LogP contribution in [0.3, 0.4) is 0 Å². The summed E-state index contributed by atoms with van der Waals surface area (Å²) in [5.74, 6) is -0.361. The summed E-state index contributed by atoms with van der Waals surface area (Å²) in [5, 5.41) is 0. The smallest absolute Gasteiger partial charge is 0.243 e. The predicted molar refractivity (Wildman–Crippen MR) is 80.8 cm³/mol. The van der Waals surface area contributed by atoms with Crippen LogP contribution in [0.5, 0.6) is 0 Å². The van der Waals surface area contributed by atoms with E-state index in [0.717, 1.165) is 0 Å². The molecule has 0 atom stereocenters. The monoisotopic (exact) mass is 308 g/mol. The van der Waals surface area contributed by atoms with Crippen molar-refractivity contribution in [3.05, 3.63) is 58.9 Å². The van der Waals surface area contributed by atoms with Crippen LogP contribution in [-0.2, 0) is 16.6 Å². The number of sulfonamides is 1. The standard InChI is InChI=1S/C15H17FN2O2S/c1-10-3-4-11(2)15(14(10)17)21(19,20)18-9-12-5-7-13(16)8-6-12/h3-8,18H,9,17H2,1-2H3. The van der Waals surface area contributed by atoms with Gasteiger partial charge in [0.05, 0.1) is 5.69 Å². The summed E-state index contributed by atoms with van der Waals surface area (Å²) in [6, 6.07) is 9.14. The second-order valence-electron chi connectivity index (χ2n) is 4.89. The fourth-order valence-electron chi connectivity index (χ4n) is 2.02. The summed E-state index contributed by atoms with van der Waals surface area (Å²) in [4.78, 5) is 0.101. The lowest BCUT2D eigenvalue weighted by Gasteiger charge is -2.13. The Morgan fingerprint density at radius 3 is 2.24 bits per heavy atom. The zero-order chi connectivity index (χ0) is 15.6. The lowest BCUT2D eigenvalue weighted by atomic mass is 10.1. The Bertz CT molecular complexity index is 756. The fraction of sp³-hybridized carbons (Fsp3) is 0.200. The van der Waals surface area contributed by atoms with Crippen molar-refractivity contribution in [2.75, 3.05) is 5.73 Å². The van der Waals surface area contributed by atoms with Gasteiger partial charge in [-0.1, -0.05) is 24.3 Å². The third-order valence-corrected chi connectivity index (χ3v) is 4.86. The highest BCUT2D eigenvalue weighted by Crippen LogP contribution is 2.25. The molecule has 0 bridgehead atoms. The van der Waals surface area contributed by atoms with Gasteiger partial charge in [-0.15, -0.1) is 0 Å². The normalized spacial score (nSPS) is 11.6. The zero-order valence-electron chi connectivity index (χ0n) is 11.9. The van der Waals surface area contributed by atoms with E-state index in [-0.39, 0.29) is 22.9 Å². The molecule has 21 heavy (non-hydrogen) atoms. The first-order valence-electron chi connectivity index (χ1n) is 6.41. The van der Waals surface area contributed by atoms with Crippen LogP contribution in [0, 0.1) is 19.7 Å². The highest BCUT2D eigenvalue weighted by atomic mass is 32.2. The van der Waals surface area contributed by atoms with Crippen molar-refractivity contribution in [3.63, 3.8) is 0 Å². The number of rotatable bonds is 4. The third kappa shape index (κ3) is 3.40. The fourth-order valence-corrected chi connectivity index (χ4v) is 3.46. The van der Waals surface area contributed by atoms with Gasteiger partial charge in [-0.3, -0.25) is 0 Å². The lowest BCUT2D eigenvalue weighted by Crippen LogP contribution is -2.25. The molecule has 0 fully saturated rings. The Morgan fingerprint density at radius 2 is 1.62 bits per heavy atom. The van der Waals surface area contributed by atoms with Crippen molar-refractivity contribution in [2.24, 2.45) is 0 Å². The average molecular weight is 308 g/mol. The van der Waals surface area contributed by atoms with E-state index in [1.807, 2.05) is 0 Å². The van der Waals surface area contributed by atoms with Gasteiger partial charge in [-0.25, -0.2) is 17.5 Å². The van der Waals surface area contributed by atoms with Crippen LogP contribution < -0.4 is 10.5 Å². The molecule has 3 N–H and O–H groups in total. The molecule has 6 heteroatoms. The van der Waals surface area contributed by atoms with E-state index in [4.69, 9.17) is 5.73 Å². The SMILES string of the molecule is Cc1ccc(C)c(S(=O)(=O)NCc2ccc(F)cc2)c1N. The zero-order valence-corrected chi connectivity index (χ0v) is 12.7. The van der Waals surface area contributed by atoms with E-state index in [2.05, 4.69) is 4.72 Å². The number of nitrogen functional groups attached to an aromatic ring is 1. The largest absolute Gasteiger partial charge is 0.397 e. The van der Waals surface area contributed by atoms with Crippen LogP contribution in [0.15, 0.2) is 41.3 Å². The molecule has 0 radical (unpaired) electrons. The molecular formula is C15H17FN2O2S. The minimum absolute atomic E-state index is 0.0788. The minimum Gasteiger partial charge on any atom is -0.397 e. The molecule has 0 amide bonds. The summed E-state index contributed by atoms with van der Waals surface area (Å²) < 4.78 is 40.1. The van der Waals surface area contributed by atoms with Crippen LogP contribution in [-0.4, -0.2) is 8.42 Å². The summed E-state index contributed by atoms with van der Waals surface area (Å²) >= 11 is 0. The summed E-state index contributed by atoms with van der Waals surface area (Å²) in [5.41, 5.74) is 8.11. The number of anilines is 1. The van der Waals surface area contributed by atoms with Gasteiger partial charge in [0.2, 0.25) is 10.0 Å². The molecule has 112 valence electrons. The second-order valence-corrected chi connectivity index (χ2v) is 6.60. The van der Waals surface area contributed by atoms with Crippen LogP contribution in [0.25, 0.3) is 0 Å².